The van der Waals surface area contributed by atoms with Crippen molar-refractivity contribution in [1.82, 2.24) is 0 Å². The molecule has 0 rings (SSSR count). The molecule has 0 unspecified atom stereocenters. The van der Waals surface area contributed by atoms with Crippen LogP contribution in [-0.4, -0.2) is 14.1 Å². The molecular weight excluding hydrogens is 208 g/mol. The number of allylic oxidation sites excluding steroid dienone is 1. The van der Waals surface area contributed by atoms with Crippen LogP contribution in [0.25, 0.3) is 0 Å². The smallest absolute Gasteiger partial charge is 0.242 e. The SMILES string of the molecule is CCS/C(=C/CC(C)C)O[Si](C)(C)C. The summed E-state index contributed by atoms with van der Waals surface area (Å²) in [5, 5.41) is 1.14. The van der Waals surface area contributed by atoms with Crippen molar-refractivity contribution in [1.29, 1.82) is 0 Å². The summed E-state index contributed by atoms with van der Waals surface area (Å²) in [7, 11) is -1.42. The molecule has 0 radical (unpaired) electrons. The highest BCUT2D eigenvalue weighted by atomic mass is 32.2. The fraction of sp³-hybridized carbons (Fsp3) is 0.818. The van der Waals surface area contributed by atoms with Gasteiger partial charge in [-0.25, -0.2) is 0 Å². The van der Waals surface area contributed by atoms with E-state index >= 15 is 0 Å². The highest BCUT2D eigenvalue weighted by Crippen LogP contribution is 2.23. The minimum atomic E-state index is -1.42. The lowest BCUT2D eigenvalue weighted by atomic mass is 10.1. The van der Waals surface area contributed by atoms with Gasteiger partial charge in [-0.15, -0.1) is 0 Å². The number of hydrogen-bond acceptors (Lipinski definition) is 2. The topological polar surface area (TPSA) is 9.23 Å². The lowest BCUT2D eigenvalue weighted by Crippen LogP contribution is -2.24. The van der Waals surface area contributed by atoms with E-state index in [0.717, 1.165) is 17.3 Å². The second-order valence-corrected chi connectivity index (χ2v) is 10.5. The van der Waals surface area contributed by atoms with E-state index in [2.05, 4.69) is 46.5 Å². The Labute approximate surface area is 94.4 Å². The molecule has 0 heterocycles. The van der Waals surface area contributed by atoms with Crippen LogP contribution in [-0.2, 0) is 4.43 Å². The van der Waals surface area contributed by atoms with E-state index in [-0.39, 0.29) is 0 Å². The van der Waals surface area contributed by atoms with Gasteiger partial charge in [0.1, 0.15) is 5.09 Å². The van der Waals surface area contributed by atoms with Gasteiger partial charge in [-0.3, -0.25) is 0 Å². The average Bonchev–Trinajstić information content (AvgIpc) is 1.98. The summed E-state index contributed by atoms with van der Waals surface area (Å²) < 4.78 is 5.99. The van der Waals surface area contributed by atoms with Gasteiger partial charge in [0.25, 0.3) is 0 Å². The minimum Gasteiger partial charge on any atom is -0.540 e. The first-order valence-corrected chi connectivity index (χ1v) is 9.76. The Morgan fingerprint density at radius 1 is 1.36 bits per heavy atom. The molecule has 0 aliphatic carbocycles. The van der Waals surface area contributed by atoms with Crippen LogP contribution in [0.15, 0.2) is 11.2 Å². The summed E-state index contributed by atoms with van der Waals surface area (Å²) in [6.07, 6.45) is 3.36. The van der Waals surface area contributed by atoms with Crippen LogP contribution in [0.5, 0.6) is 0 Å². The zero-order valence-electron chi connectivity index (χ0n) is 10.4. The number of rotatable bonds is 6. The van der Waals surface area contributed by atoms with Crippen LogP contribution >= 0.6 is 11.8 Å². The zero-order chi connectivity index (χ0) is 11.2. The molecule has 0 bridgehead atoms. The molecule has 0 aliphatic heterocycles. The summed E-state index contributed by atoms with van der Waals surface area (Å²) >= 11 is 1.82. The van der Waals surface area contributed by atoms with Crippen LogP contribution in [0.1, 0.15) is 27.2 Å². The normalized spacial score (nSPS) is 13.5. The molecule has 84 valence electrons. The van der Waals surface area contributed by atoms with Crippen LogP contribution in [0, 0.1) is 5.92 Å². The third kappa shape index (κ3) is 8.69. The maximum absolute atomic E-state index is 5.99. The highest BCUT2D eigenvalue weighted by molar-refractivity contribution is 8.02. The summed E-state index contributed by atoms with van der Waals surface area (Å²) in [5.74, 6) is 1.81. The Balaban J connectivity index is 4.21. The first kappa shape index (κ1) is 14.1. The molecule has 0 atom stereocenters. The van der Waals surface area contributed by atoms with Gasteiger partial charge in [-0.2, -0.15) is 0 Å². The van der Waals surface area contributed by atoms with Crippen molar-refractivity contribution in [2.24, 2.45) is 5.92 Å². The third-order valence-electron chi connectivity index (χ3n) is 1.45. The van der Waals surface area contributed by atoms with Crippen molar-refractivity contribution in [3.05, 3.63) is 11.2 Å². The van der Waals surface area contributed by atoms with E-state index in [1.54, 1.807) is 0 Å². The van der Waals surface area contributed by atoms with Crippen LogP contribution in [0.3, 0.4) is 0 Å². The van der Waals surface area contributed by atoms with Crippen molar-refractivity contribution < 1.29 is 4.43 Å². The van der Waals surface area contributed by atoms with Crippen molar-refractivity contribution in [3.8, 4) is 0 Å². The molecule has 0 amide bonds. The molecule has 0 aromatic carbocycles. The van der Waals surface area contributed by atoms with Crippen molar-refractivity contribution in [3.63, 3.8) is 0 Å². The summed E-state index contributed by atoms with van der Waals surface area (Å²) in [4.78, 5) is 0. The van der Waals surface area contributed by atoms with Crippen LogP contribution < -0.4 is 0 Å². The summed E-state index contributed by atoms with van der Waals surface area (Å²) in [5.41, 5.74) is 0. The maximum Gasteiger partial charge on any atom is 0.242 e. The Morgan fingerprint density at radius 3 is 2.29 bits per heavy atom. The molecule has 1 nitrogen and oxygen atoms in total. The van der Waals surface area contributed by atoms with Gasteiger partial charge in [0, 0.05) is 0 Å². The van der Waals surface area contributed by atoms with Gasteiger partial charge >= 0.3 is 0 Å². The molecule has 14 heavy (non-hydrogen) atoms. The van der Waals surface area contributed by atoms with Crippen molar-refractivity contribution in [2.75, 3.05) is 5.75 Å². The molecule has 0 saturated heterocycles. The first-order valence-electron chi connectivity index (χ1n) is 5.37. The molecule has 0 N–H and O–H groups in total. The highest BCUT2D eigenvalue weighted by Gasteiger charge is 2.17. The molecule has 0 saturated carbocycles. The fourth-order valence-electron chi connectivity index (χ4n) is 0.906. The second-order valence-electron chi connectivity index (χ2n) is 4.80. The average molecular weight is 232 g/mol. The summed E-state index contributed by atoms with van der Waals surface area (Å²) in [6, 6.07) is 0. The van der Waals surface area contributed by atoms with E-state index < -0.39 is 8.32 Å². The predicted molar refractivity (Wildman–Crippen MR) is 70.1 cm³/mol. The Kier molecular flexibility index (Phi) is 6.61. The first-order chi connectivity index (χ1) is 6.35. The lowest BCUT2D eigenvalue weighted by Gasteiger charge is -2.21. The molecule has 3 heteroatoms. The lowest BCUT2D eigenvalue weighted by molar-refractivity contribution is 0.458. The quantitative estimate of drug-likeness (QED) is 0.493. The van der Waals surface area contributed by atoms with Crippen LogP contribution in [0.4, 0.5) is 0 Å². The number of thioether (sulfide) groups is 1. The molecule has 0 spiro atoms. The van der Waals surface area contributed by atoms with Gasteiger partial charge in [0.05, 0.1) is 0 Å². The van der Waals surface area contributed by atoms with Crippen LogP contribution in [0.2, 0.25) is 19.6 Å². The van der Waals surface area contributed by atoms with E-state index in [1.807, 2.05) is 11.8 Å². The molecule has 0 aromatic rings. The van der Waals surface area contributed by atoms with E-state index in [4.69, 9.17) is 4.43 Å². The van der Waals surface area contributed by atoms with Gasteiger partial charge in [0.2, 0.25) is 8.32 Å². The van der Waals surface area contributed by atoms with Gasteiger partial charge in [-0.1, -0.05) is 32.5 Å². The molecule has 0 aromatic heterocycles. The largest absolute Gasteiger partial charge is 0.540 e. The molecular formula is C11H24OSSi. The van der Waals surface area contributed by atoms with E-state index in [9.17, 15) is 0 Å². The Bertz CT molecular complexity index is 182. The molecule has 0 aliphatic rings. The fourth-order valence-corrected chi connectivity index (χ4v) is 3.08. The zero-order valence-corrected chi connectivity index (χ0v) is 12.2. The summed E-state index contributed by atoms with van der Waals surface area (Å²) in [6.45, 7) is 13.3. The van der Waals surface area contributed by atoms with Gasteiger partial charge in [-0.05, 0) is 43.8 Å². The van der Waals surface area contributed by atoms with Crippen molar-refractivity contribution in [2.45, 2.75) is 46.8 Å². The third-order valence-corrected chi connectivity index (χ3v) is 3.25. The van der Waals surface area contributed by atoms with E-state index in [1.165, 1.54) is 0 Å². The second kappa shape index (κ2) is 6.56. The standard InChI is InChI=1S/C11H24OSSi/c1-7-13-11(9-8-10(2)3)12-14(4,5)6/h9-10H,7-8H2,1-6H3/b11-9+. The van der Waals surface area contributed by atoms with Gasteiger partial charge < -0.3 is 4.43 Å². The Hall–Kier alpha value is 0.107. The predicted octanol–water partition coefficient (Wildman–Crippen LogP) is 4.48. The monoisotopic (exact) mass is 232 g/mol. The number of hydrogen-bond donors (Lipinski definition) is 0. The van der Waals surface area contributed by atoms with Gasteiger partial charge in [0.15, 0.2) is 0 Å². The minimum absolute atomic E-state index is 0.715. The molecule has 0 fully saturated rings. The maximum atomic E-state index is 5.99. The van der Waals surface area contributed by atoms with E-state index in [0.29, 0.717) is 5.92 Å². The van der Waals surface area contributed by atoms with Crippen molar-refractivity contribution >= 4 is 20.1 Å². The Morgan fingerprint density at radius 2 is 1.93 bits per heavy atom.